The number of carboxylic acid groups (broad SMARTS) is 1. The zero-order valence-electron chi connectivity index (χ0n) is 15.1. The van der Waals surface area contributed by atoms with Crippen LogP contribution in [0.3, 0.4) is 0 Å². The summed E-state index contributed by atoms with van der Waals surface area (Å²) in [5, 5.41) is 14.3. The van der Waals surface area contributed by atoms with Gasteiger partial charge in [-0.25, -0.2) is 9.97 Å². The van der Waals surface area contributed by atoms with E-state index < -0.39 is 5.97 Å². The first-order chi connectivity index (χ1) is 13.5. The van der Waals surface area contributed by atoms with Crippen LogP contribution in [0.25, 0.3) is 21.8 Å². The molecule has 4 rings (SSSR count). The molecule has 0 aliphatic carbocycles. The molecule has 0 spiro atoms. The molecule has 0 fully saturated rings. The number of hydrogen-bond donors (Lipinski definition) is 3. The molecule has 142 valence electrons. The van der Waals surface area contributed by atoms with Gasteiger partial charge in [-0.2, -0.15) is 0 Å². The molecule has 3 N–H and O–H groups in total. The van der Waals surface area contributed by atoms with Crippen molar-refractivity contribution < 1.29 is 9.90 Å². The van der Waals surface area contributed by atoms with Gasteiger partial charge in [0, 0.05) is 39.2 Å². The molecule has 0 atom stereocenters. The number of aromatic amines is 1. The number of hydrogen-bond acceptors (Lipinski definition) is 5. The summed E-state index contributed by atoms with van der Waals surface area (Å²) in [7, 11) is 1.79. The SMILES string of the molecule is CN(CC(=O)O)Cc1c[nH]c2cc3ncnc(Nc4cccc(Br)c4)c3cc12. The van der Waals surface area contributed by atoms with Gasteiger partial charge in [0.1, 0.15) is 12.1 Å². The summed E-state index contributed by atoms with van der Waals surface area (Å²) in [4.78, 5) is 24.8. The van der Waals surface area contributed by atoms with Gasteiger partial charge in [0.05, 0.1) is 12.1 Å². The van der Waals surface area contributed by atoms with Crippen LogP contribution in [0.4, 0.5) is 11.5 Å². The standard InChI is InChI=1S/C20H18BrN5O2/c1-26(10-19(27)28)9-12-8-22-17-7-18-16(6-15(12)17)20(24-11-23-18)25-14-4-2-3-13(21)5-14/h2-8,11,22H,9-10H2,1H3,(H,27,28)(H,23,24,25). The zero-order valence-corrected chi connectivity index (χ0v) is 16.7. The van der Waals surface area contributed by atoms with Gasteiger partial charge in [0.15, 0.2) is 0 Å². The number of benzene rings is 2. The topological polar surface area (TPSA) is 94.1 Å². The quantitative estimate of drug-likeness (QED) is 0.418. The van der Waals surface area contributed by atoms with Crippen LogP contribution in [-0.2, 0) is 11.3 Å². The van der Waals surface area contributed by atoms with Gasteiger partial charge >= 0.3 is 5.97 Å². The number of aliphatic carboxylic acids is 1. The van der Waals surface area contributed by atoms with Gasteiger partial charge in [-0.3, -0.25) is 9.69 Å². The predicted octanol–water partition coefficient (Wildman–Crippen LogP) is 4.13. The van der Waals surface area contributed by atoms with Crippen molar-refractivity contribution in [3.63, 3.8) is 0 Å². The number of nitrogens with zero attached hydrogens (tertiary/aromatic N) is 3. The zero-order chi connectivity index (χ0) is 19.7. The van der Waals surface area contributed by atoms with Crippen LogP contribution >= 0.6 is 15.9 Å². The maximum atomic E-state index is 10.9. The Labute approximate surface area is 169 Å². The van der Waals surface area contributed by atoms with Gasteiger partial charge in [-0.15, -0.1) is 0 Å². The Hall–Kier alpha value is -2.97. The molecule has 0 aliphatic rings. The molecule has 0 radical (unpaired) electrons. The van der Waals surface area contributed by atoms with E-state index in [-0.39, 0.29) is 6.54 Å². The van der Waals surface area contributed by atoms with E-state index in [4.69, 9.17) is 5.11 Å². The Balaban J connectivity index is 1.74. The normalized spacial score (nSPS) is 11.4. The van der Waals surface area contributed by atoms with Crippen molar-refractivity contribution in [1.29, 1.82) is 0 Å². The fourth-order valence-electron chi connectivity index (χ4n) is 3.24. The van der Waals surface area contributed by atoms with Crippen LogP contribution in [0.1, 0.15) is 5.56 Å². The number of halogens is 1. The Morgan fingerprint density at radius 1 is 1.25 bits per heavy atom. The maximum Gasteiger partial charge on any atom is 0.317 e. The predicted molar refractivity (Wildman–Crippen MR) is 113 cm³/mol. The first-order valence-corrected chi connectivity index (χ1v) is 9.46. The fraction of sp³-hybridized carbons (Fsp3) is 0.150. The lowest BCUT2D eigenvalue weighted by atomic mass is 10.1. The average Bonchev–Trinajstić information content (AvgIpc) is 3.01. The van der Waals surface area contributed by atoms with Crippen molar-refractivity contribution in [3.05, 3.63) is 59.0 Å². The number of nitrogens with one attached hydrogen (secondary N) is 2. The molecule has 0 aliphatic heterocycles. The molecule has 28 heavy (non-hydrogen) atoms. The molecule has 0 amide bonds. The lowest BCUT2D eigenvalue weighted by molar-refractivity contribution is -0.138. The Morgan fingerprint density at radius 2 is 2.11 bits per heavy atom. The van der Waals surface area contributed by atoms with Crippen molar-refractivity contribution in [3.8, 4) is 0 Å². The number of H-pyrrole nitrogens is 1. The molecule has 2 aromatic carbocycles. The second-order valence-electron chi connectivity index (χ2n) is 6.65. The lowest BCUT2D eigenvalue weighted by Gasteiger charge is -2.13. The van der Waals surface area contributed by atoms with E-state index in [0.29, 0.717) is 6.54 Å². The van der Waals surface area contributed by atoms with E-state index >= 15 is 0 Å². The van der Waals surface area contributed by atoms with E-state index in [2.05, 4.69) is 36.2 Å². The number of carboxylic acids is 1. The highest BCUT2D eigenvalue weighted by atomic mass is 79.9. The molecule has 4 aromatic rings. The third-order valence-electron chi connectivity index (χ3n) is 4.46. The summed E-state index contributed by atoms with van der Waals surface area (Å²) in [6.45, 7) is 0.513. The van der Waals surface area contributed by atoms with Crippen LogP contribution < -0.4 is 5.32 Å². The molecule has 0 saturated heterocycles. The van der Waals surface area contributed by atoms with Crippen LogP contribution in [0, 0.1) is 0 Å². The first-order valence-electron chi connectivity index (χ1n) is 8.67. The molecule has 2 heterocycles. The molecule has 0 unspecified atom stereocenters. The summed E-state index contributed by atoms with van der Waals surface area (Å²) in [6, 6.07) is 11.9. The first kappa shape index (κ1) is 18.4. The number of anilines is 2. The highest BCUT2D eigenvalue weighted by Crippen LogP contribution is 2.30. The van der Waals surface area contributed by atoms with Gasteiger partial charge < -0.3 is 15.4 Å². The van der Waals surface area contributed by atoms with Crippen LogP contribution in [0.5, 0.6) is 0 Å². The maximum absolute atomic E-state index is 10.9. The summed E-state index contributed by atoms with van der Waals surface area (Å²) < 4.78 is 0.979. The van der Waals surface area contributed by atoms with Crippen molar-refractivity contribution in [2.45, 2.75) is 6.54 Å². The molecular formula is C20H18BrN5O2. The largest absolute Gasteiger partial charge is 0.480 e. The number of aromatic nitrogens is 3. The third kappa shape index (κ3) is 3.83. The molecule has 8 heteroatoms. The van der Waals surface area contributed by atoms with Crippen molar-refractivity contribution >= 4 is 55.2 Å². The van der Waals surface area contributed by atoms with Crippen LogP contribution in [0.15, 0.2) is 53.4 Å². The molecule has 7 nitrogen and oxygen atoms in total. The fourth-order valence-corrected chi connectivity index (χ4v) is 3.64. The van der Waals surface area contributed by atoms with E-state index in [9.17, 15) is 4.79 Å². The van der Waals surface area contributed by atoms with Crippen LogP contribution in [-0.4, -0.2) is 44.5 Å². The minimum absolute atomic E-state index is 0.0148. The van der Waals surface area contributed by atoms with Crippen LogP contribution in [0.2, 0.25) is 0 Å². The van der Waals surface area contributed by atoms with Gasteiger partial charge in [0.25, 0.3) is 0 Å². The van der Waals surface area contributed by atoms with E-state index in [1.165, 1.54) is 0 Å². The Morgan fingerprint density at radius 3 is 2.89 bits per heavy atom. The van der Waals surface area contributed by atoms with Crippen molar-refractivity contribution in [1.82, 2.24) is 19.9 Å². The number of carbonyl (C=O) groups is 1. The van der Waals surface area contributed by atoms with E-state index in [1.807, 2.05) is 42.6 Å². The van der Waals surface area contributed by atoms with E-state index in [0.717, 1.165) is 43.3 Å². The summed E-state index contributed by atoms with van der Waals surface area (Å²) in [5.41, 5.74) is 3.73. The third-order valence-corrected chi connectivity index (χ3v) is 4.95. The summed E-state index contributed by atoms with van der Waals surface area (Å²) in [5.74, 6) is -0.127. The smallest absolute Gasteiger partial charge is 0.317 e. The van der Waals surface area contributed by atoms with Crippen molar-refractivity contribution in [2.75, 3.05) is 18.9 Å². The lowest BCUT2D eigenvalue weighted by Crippen LogP contribution is -2.24. The Kier molecular flexibility index (Phi) is 4.97. The van der Waals surface area contributed by atoms with Gasteiger partial charge in [-0.1, -0.05) is 22.0 Å². The number of likely N-dealkylation sites (N-methyl/N-ethyl adjacent to an activating group) is 1. The molecule has 2 aromatic heterocycles. The minimum Gasteiger partial charge on any atom is -0.480 e. The summed E-state index contributed by atoms with van der Waals surface area (Å²) in [6.07, 6.45) is 3.45. The number of fused-ring (bicyclic) bond motifs is 2. The minimum atomic E-state index is -0.846. The average molecular weight is 440 g/mol. The highest BCUT2D eigenvalue weighted by molar-refractivity contribution is 9.10. The van der Waals surface area contributed by atoms with Crippen molar-refractivity contribution in [2.24, 2.45) is 0 Å². The number of rotatable bonds is 6. The van der Waals surface area contributed by atoms with Gasteiger partial charge in [0.2, 0.25) is 0 Å². The molecule has 0 bridgehead atoms. The Bertz CT molecular complexity index is 1170. The molecular weight excluding hydrogens is 422 g/mol. The van der Waals surface area contributed by atoms with Gasteiger partial charge in [-0.05, 0) is 42.9 Å². The summed E-state index contributed by atoms with van der Waals surface area (Å²) >= 11 is 3.48. The second kappa shape index (κ2) is 7.57. The monoisotopic (exact) mass is 439 g/mol. The second-order valence-corrected chi connectivity index (χ2v) is 7.57. The van der Waals surface area contributed by atoms with E-state index in [1.54, 1.807) is 18.3 Å². The molecule has 0 saturated carbocycles. The highest BCUT2D eigenvalue weighted by Gasteiger charge is 2.12.